The Labute approximate surface area is 206 Å². The van der Waals surface area contributed by atoms with Gasteiger partial charge in [0.15, 0.2) is 0 Å². The van der Waals surface area contributed by atoms with Crippen LogP contribution in [-0.4, -0.2) is 74.7 Å². The lowest BCUT2D eigenvalue weighted by Gasteiger charge is -2.22. The number of hydrogen-bond donors (Lipinski definition) is 6. The van der Waals surface area contributed by atoms with Gasteiger partial charge in [0.1, 0.15) is 12.6 Å². The number of rotatable bonds is 14. The monoisotopic (exact) mass is 493 g/mol. The summed E-state index contributed by atoms with van der Waals surface area (Å²) in [5.41, 5.74) is 12.2. The zero-order chi connectivity index (χ0) is 26.4. The summed E-state index contributed by atoms with van der Waals surface area (Å²) >= 11 is 0. The molecule has 35 heavy (non-hydrogen) atoms. The van der Waals surface area contributed by atoms with Gasteiger partial charge in [-0.25, -0.2) is 9.59 Å². The van der Waals surface area contributed by atoms with E-state index in [1.165, 1.54) is 4.90 Å². The van der Waals surface area contributed by atoms with Crippen molar-refractivity contribution < 1.29 is 23.9 Å². The van der Waals surface area contributed by atoms with Crippen LogP contribution >= 0.6 is 0 Å². The molecule has 0 heterocycles. The van der Waals surface area contributed by atoms with Gasteiger partial charge in [-0.05, 0) is 43.5 Å². The maximum Gasteiger partial charge on any atom is 0.409 e. The number of anilines is 1. The Kier molecular flexibility index (Phi) is 13.1. The standard InChI is InChI=1S/C23H39N7O5/c1-15(2)19(24)21(32)29-18(6-5-11-27-22(25)33)20(31)28-17-9-7-16(8-10-17)14-35-23(34)30(4)13-12-26-3/h7-10,15,18-19,26H,5-6,11-14,24H2,1-4H3,(H,28,31)(H,29,32)(H3,25,27,33). The third-order valence-electron chi connectivity index (χ3n) is 5.22. The highest BCUT2D eigenvalue weighted by atomic mass is 16.6. The number of nitrogens with one attached hydrogen (secondary N) is 4. The topological polar surface area (TPSA) is 181 Å². The molecule has 0 aliphatic heterocycles. The van der Waals surface area contributed by atoms with Gasteiger partial charge in [0.05, 0.1) is 6.04 Å². The van der Waals surface area contributed by atoms with Gasteiger partial charge < -0.3 is 42.4 Å². The molecule has 5 amide bonds. The molecule has 0 saturated heterocycles. The molecule has 0 saturated carbocycles. The molecule has 2 unspecified atom stereocenters. The van der Waals surface area contributed by atoms with Crippen LogP contribution in [0.1, 0.15) is 32.3 Å². The average molecular weight is 494 g/mol. The first-order valence-electron chi connectivity index (χ1n) is 11.6. The summed E-state index contributed by atoms with van der Waals surface area (Å²) in [6, 6.07) is 4.56. The molecule has 8 N–H and O–H groups in total. The van der Waals surface area contributed by atoms with E-state index >= 15 is 0 Å². The maximum absolute atomic E-state index is 12.9. The summed E-state index contributed by atoms with van der Waals surface area (Å²) in [5, 5.41) is 10.9. The van der Waals surface area contributed by atoms with E-state index in [2.05, 4.69) is 21.3 Å². The SMILES string of the molecule is CNCCN(C)C(=O)OCc1ccc(NC(=O)C(CCCNC(N)=O)NC(=O)C(N)C(C)C)cc1. The van der Waals surface area contributed by atoms with Crippen LogP contribution in [0, 0.1) is 5.92 Å². The van der Waals surface area contributed by atoms with E-state index in [1.54, 1.807) is 38.4 Å². The van der Waals surface area contributed by atoms with Gasteiger partial charge in [-0.15, -0.1) is 0 Å². The van der Waals surface area contributed by atoms with Crippen LogP contribution in [0.15, 0.2) is 24.3 Å². The number of amides is 5. The van der Waals surface area contributed by atoms with Crippen molar-refractivity contribution in [2.24, 2.45) is 17.4 Å². The van der Waals surface area contributed by atoms with Gasteiger partial charge in [0.2, 0.25) is 11.8 Å². The Bertz CT molecular complexity index is 832. The lowest BCUT2D eigenvalue weighted by atomic mass is 10.0. The van der Waals surface area contributed by atoms with E-state index in [0.29, 0.717) is 25.2 Å². The zero-order valence-electron chi connectivity index (χ0n) is 20.9. The quantitative estimate of drug-likeness (QED) is 0.202. The first-order chi connectivity index (χ1) is 16.5. The summed E-state index contributed by atoms with van der Waals surface area (Å²) in [6.45, 7) is 5.17. The number of nitrogens with zero attached hydrogens (tertiary/aromatic N) is 1. The highest BCUT2D eigenvalue weighted by molar-refractivity contribution is 5.97. The van der Waals surface area contributed by atoms with Crippen molar-refractivity contribution in [3.05, 3.63) is 29.8 Å². The van der Waals surface area contributed by atoms with E-state index in [-0.39, 0.29) is 25.5 Å². The Morgan fingerprint density at radius 2 is 1.71 bits per heavy atom. The maximum atomic E-state index is 12.9. The van der Waals surface area contributed by atoms with Crippen molar-refractivity contribution in [2.75, 3.05) is 39.0 Å². The molecule has 12 nitrogen and oxygen atoms in total. The molecular weight excluding hydrogens is 454 g/mol. The first kappa shape index (κ1) is 29.7. The van der Waals surface area contributed by atoms with Gasteiger partial charge >= 0.3 is 12.1 Å². The summed E-state index contributed by atoms with van der Waals surface area (Å²) in [6.07, 6.45) is 0.268. The fourth-order valence-corrected chi connectivity index (χ4v) is 2.90. The molecule has 196 valence electrons. The van der Waals surface area contributed by atoms with E-state index in [0.717, 1.165) is 5.56 Å². The number of nitrogens with two attached hydrogens (primary N) is 2. The molecule has 1 aromatic carbocycles. The number of likely N-dealkylation sites (N-methyl/N-ethyl adjacent to an activating group) is 2. The average Bonchev–Trinajstić information content (AvgIpc) is 2.82. The van der Waals surface area contributed by atoms with Crippen LogP contribution in [0.2, 0.25) is 0 Å². The zero-order valence-corrected chi connectivity index (χ0v) is 20.9. The Morgan fingerprint density at radius 3 is 2.29 bits per heavy atom. The third kappa shape index (κ3) is 11.5. The smallest absolute Gasteiger partial charge is 0.409 e. The van der Waals surface area contributed by atoms with Crippen LogP contribution in [-0.2, 0) is 20.9 Å². The molecule has 0 fully saturated rings. The molecule has 0 aliphatic rings. The summed E-state index contributed by atoms with van der Waals surface area (Å²) < 4.78 is 5.28. The van der Waals surface area contributed by atoms with Crippen LogP contribution < -0.4 is 32.7 Å². The number of carbonyl (C=O) groups is 4. The largest absolute Gasteiger partial charge is 0.445 e. The van der Waals surface area contributed by atoms with Gasteiger partial charge in [0, 0.05) is 32.4 Å². The van der Waals surface area contributed by atoms with Crippen LogP contribution in [0.3, 0.4) is 0 Å². The van der Waals surface area contributed by atoms with Gasteiger partial charge in [0.25, 0.3) is 0 Å². The molecular formula is C23H39N7O5. The summed E-state index contributed by atoms with van der Waals surface area (Å²) in [7, 11) is 3.46. The second-order valence-electron chi connectivity index (χ2n) is 8.53. The molecule has 2 atom stereocenters. The number of urea groups is 1. The highest BCUT2D eigenvalue weighted by Gasteiger charge is 2.25. The summed E-state index contributed by atoms with van der Waals surface area (Å²) in [4.78, 5) is 49.6. The number of hydrogen-bond acceptors (Lipinski definition) is 7. The number of primary amides is 1. The van der Waals surface area contributed by atoms with E-state index in [1.807, 2.05) is 13.8 Å². The molecule has 0 bridgehead atoms. The Morgan fingerprint density at radius 1 is 1.06 bits per heavy atom. The molecule has 0 aromatic heterocycles. The van der Waals surface area contributed by atoms with E-state index < -0.39 is 36.0 Å². The third-order valence-corrected chi connectivity index (χ3v) is 5.22. The lowest BCUT2D eigenvalue weighted by molar-refractivity contribution is -0.128. The molecule has 0 radical (unpaired) electrons. The lowest BCUT2D eigenvalue weighted by Crippen LogP contribution is -2.51. The van der Waals surface area contributed by atoms with Crippen molar-refractivity contribution in [2.45, 2.75) is 45.4 Å². The number of ether oxygens (including phenoxy) is 1. The van der Waals surface area contributed by atoms with Crippen molar-refractivity contribution in [3.63, 3.8) is 0 Å². The van der Waals surface area contributed by atoms with Crippen LogP contribution in [0.25, 0.3) is 0 Å². The normalized spacial score (nSPS) is 12.4. The minimum atomic E-state index is -0.851. The minimum Gasteiger partial charge on any atom is -0.445 e. The highest BCUT2D eigenvalue weighted by Crippen LogP contribution is 2.13. The fraction of sp³-hybridized carbons (Fsp3) is 0.565. The van der Waals surface area contributed by atoms with Crippen molar-refractivity contribution in [1.82, 2.24) is 20.9 Å². The van der Waals surface area contributed by atoms with Crippen LogP contribution in [0.4, 0.5) is 15.3 Å². The Hall–Kier alpha value is -3.38. The first-order valence-corrected chi connectivity index (χ1v) is 11.6. The van der Waals surface area contributed by atoms with Gasteiger partial charge in [-0.3, -0.25) is 9.59 Å². The van der Waals surface area contributed by atoms with Crippen molar-refractivity contribution in [3.8, 4) is 0 Å². The van der Waals surface area contributed by atoms with Crippen molar-refractivity contribution in [1.29, 1.82) is 0 Å². The molecule has 1 aromatic rings. The predicted molar refractivity (Wildman–Crippen MR) is 133 cm³/mol. The number of carbonyl (C=O) groups excluding carboxylic acids is 4. The van der Waals surface area contributed by atoms with E-state index in [9.17, 15) is 19.2 Å². The molecule has 0 spiro atoms. The van der Waals surface area contributed by atoms with E-state index in [4.69, 9.17) is 16.2 Å². The minimum absolute atomic E-state index is 0.0928. The molecule has 1 rings (SSSR count). The predicted octanol–water partition coefficient (Wildman–Crippen LogP) is 0.330. The molecule has 0 aliphatic carbocycles. The second kappa shape index (κ2) is 15.5. The van der Waals surface area contributed by atoms with Crippen molar-refractivity contribution >= 4 is 29.6 Å². The fourth-order valence-electron chi connectivity index (χ4n) is 2.90. The Balaban J connectivity index is 2.71. The van der Waals surface area contributed by atoms with Gasteiger partial charge in [-0.1, -0.05) is 26.0 Å². The van der Waals surface area contributed by atoms with Crippen LogP contribution in [0.5, 0.6) is 0 Å². The molecule has 12 heteroatoms. The van der Waals surface area contributed by atoms with Gasteiger partial charge in [-0.2, -0.15) is 0 Å². The second-order valence-corrected chi connectivity index (χ2v) is 8.53. The summed E-state index contributed by atoms with van der Waals surface area (Å²) in [5.74, 6) is -0.946. The number of benzene rings is 1.